The summed E-state index contributed by atoms with van der Waals surface area (Å²) in [6, 6.07) is 4.39. The number of methoxy groups -OCH3 is 1. The van der Waals surface area contributed by atoms with E-state index >= 15 is 0 Å². The van der Waals surface area contributed by atoms with Gasteiger partial charge in [0.2, 0.25) is 0 Å². The molecule has 1 aromatic rings. The third-order valence-corrected chi connectivity index (χ3v) is 3.65. The molecule has 0 aliphatic carbocycles. The summed E-state index contributed by atoms with van der Waals surface area (Å²) in [5.74, 6) is 1.83. The second kappa shape index (κ2) is 5.16. The van der Waals surface area contributed by atoms with Crippen molar-refractivity contribution in [2.45, 2.75) is 13.0 Å². The first kappa shape index (κ1) is 11.8. The summed E-state index contributed by atoms with van der Waals surface area (Å²) >= 11 is 0. The van der Waals surface area contributed by atoms with Crippen molar-refractivity contribution >= 4 is 0 Å². The zero-order chi connectivity index (χ0) is 12.4. The van der Waals surface area contributed by atoms with Gasteiger partial charge >= 0.3 is 0 Å². The highest BCUT2D eigenvalue weighted by Gasteiger charge is 2.19. The Bertz CT molecular complexity index is 428. The first-order valence-corrected chi connectivity index (χ1v) is 6.62. The molecule has 0 saturated carbocycles. The van der Waals surface area contributed by atoms with Crippen molar-refractivity contribution < 1.29 is 9.47 Å². The van der Waals surface area contributed by atoms with Crippen LogP contribution in [0.25, 0.3) is 0 Å². The average Bonchev–Trinajstić information content (AvgIpc) is 2.87. The second-order valence-corrected chi connectivity index (χ2v) is 4.91. The third-order valence-electron chi connectivity index (χ3n) is 3.65. The fourth-order valence-electron chi connectivity index (χ4n) is 2.71. The summed E-state index contributed by atoms with van der Waals surface area (Å²) in [5.41, 5.74) is 2.62. The van der Waals surface area contributed by atoms with Crippen molar-refractivity contribution in [3.05, 3.63) is 23.3 Å². The lowest BCUT2D eigenvalue weighted by atomic mass is 10.1. The predicted molar refractivity (Wildman–Crippen MR) is 70.3 cm³/mol. The lowest BCUT2D eigenvalue weighted by molar-refractivity contribution is 0.233. The van der Waals surface area contributed by atoms with Crippen LogP contribution in [0, 0.1) is 0 Å². The minimum absolute atomic E-state index is 0.781. The quantitative estimate of drug-likeness (QED) is 0.866. The molecule has 0 unspecified atom stereocenters. The highest BCUT2D eigenvalue weighted by atomic mass is 16.5. The highest BCUT2D eigenvalue weighted by molar-refractivity contribution is 5.51. The lowest BCUT2D eigenvalue weighted by Gasteiger charge is -2.27. The van der Waals surface area contributed by atoms with Crippen molar-refractivity contribution in [3.8, 4) is 11.5 Å². The number of nitrogens with one attached hydrogen (secondary N) is 1. The summed E-state index contributed by atoms with van der Waals surface area (Å²) in [6.07, 6.45) is 1.00. The van der Waals surface area contributed by atoms with Crippen molar-refractivity contribution in [2.24, 2.45) is 0 Å². The molecular weight excluding hydrogens is 228 g/mol. The number of nitrogens with zero attached hydrogens (tertiary/aromatic N) is 1. The SMILES string of the molecule is COc1cc(CN2CCNCC2)cc2c1OCC2. The lowest BCUT2D eigenvalue weighted by Crippen LogP contribution is -2.42. The van der Waals surface area contributed by atoms with Crippen LogP contribution in [-0.2, 0) is 13.0 Å². The van der Waals surface area contributed by atoms with Gasteiger partial charge in [0.1, 0.15) is 0 Å². The van der Waals surface area contributed by atoms with E-state index in [4.69, 9.17) is 9.47 Å². The molecule has 4 nitrogen and oxygen atoms in total. The molecule has 98 valence electrons. The largest absolute Gasteiger partial charge is 0.493 e. The first-order chi connectivity index (χ1) is 8.86. The van der Waals surface area contributed by atoms with E-state index in [9.17, 15) is 0 Å². The Hall–Kier alpha value is -1.26. The smallest absolute Gasteiger partial charge is 0.164 e. The number of piperazine rings is 1. The molecule has 18 heavy (non-hydrogen) atoms. The minimum Gasteiger partial charge on any atom is -0.493 e. The predicted octanol–water partition coefficient (Wildman–Crippen LogP) is 1.04. The van der Waals surface area contributed by atoms with Gasteiger partial charge in [0.05, 0.1) is 13.7 Å². The van der Waals surface area contributed by atoms with Crippen LogP contribution in [0.15, 0.2) is 12.1 Å². The van der Waals surface area contributed by atoms with E-state index in [1.807, 2.05) is 0 Å². The van der Waals surface area contributed by atoms with Gasteiger partial charge in [0.25, 0.3) is 0 Å². The maximum Gasteiger partial charge on any atom is 0.164 e. The Morgan fingerprint density at radius 1 is 1.33 bits per heavy atom. The zero-order valence-electron chi connectivity index (χ0n) is 10.9. The molecule has 0 atom stereocenters. The maximum atomic E-state index is 5.62. The second-order valence-electron chi connectivity index (χ2n) is 4.91. The van der Waals surface area contributed by atoms with Crippen molar-refractivity contribution in [1.82, 2.24) is 10.2 Å². The standard InChI is InChI=1S/C14H20N2O2/c1-17-13-9-11(8-12-2-7-18-14(12)13)10-16-5-3-15-4-6-16/h8-9,15H,2-7,10H2,1H3. The van der Waals surface area contributed by atoms with E-state index in [0.29, 0.717) is 0 Å². The third kappa shape index (κ3) is 2.31. The normalized spacial score (nSPS) is 19.4. The van der Waals surface area contributed by atoms with E-state index in [1.165, 1.54) is 11.1 Å². The van der Waals surface area contributed by atoms with Crippen LogP contribution in [-0.4, -0.2) is 44.8 Å². The van der Waals surface area contributed by atoms with Gasteiger partial charge in [-0.1, -0.05) is 6.07 Å². The molecule has 3 rings (SSSR count). The molecule has 2 aliphatic rings. The molecule has 0 aromatic heterocycles. The Morgan fingerprint density at radius 2 is 2.17 bits per heavy atom. The highest BCUT2D eigenvalue weighted by Crippen LogP contribution is 2.37. The molecule has 1 saturated heterocycles. The average molecular weight is 248 g/mol. The van der Waals surface area contributed by atoms with Gasteiger partial charge in [0.15, 0.2) is 11.5 Å². The summed E-state index contributed by atoms with van der Waals surface area (Å²) < 4.78 is 11.0. The Labute approximate surface area is 108 Å². The molecule has 0 bridgehead atoms. The molecule has 0 radical (unpaired) electrons. The van der Waals surface area contributed by atoms with Gasteiger partial charge in [-0.2, -0.15) is 0 Å². The van der Waals surface area contributed by atoms with Crippen molar-refractivity contribution in [3.63, 3.8) is 0 Å². The number of ether oxygens (including phenoxy) is 2. The van der Waals surface area contributed by atoms with Gasteiger partial charge in [0, 0.05) is 44.7 Å². The van der Waals surface area contributed by atoms with Crippen LogP contribution in [0.5, 0.6) is 11.5 Å². The molecule has 1 aromatic carbocycles. The number of benzene rings is 1. The van der Waals surface area contributed by atoms with Gasteiger partial charge in [-0.25, -0.2) is 0 Å². The van der Waals surface area contributed by atoms with E-state index in [1.54, 1.807) is 7.11 Å². The van der Waals surface area contributed by atoms with Crippen LogP contribution in [0.4, 0.5) is 0 Å². The van der Waals surface area contributed by atoms with Crippen LogP contribution in [0.1, 0.15) is 11.1 Å². The van der Waals surface area contributed by atoms with Crippen molar-refractivity contribution in [2.75, 3.05) is 39.9 Å². The maximum absolute atomic E-state index is 5.62. The molecule has 0 spiro atoms. The first-order valence-electron chi connectivity index (χ1n) is 6.62. The fourth-order valence-corrected chi connectivity index (χ4v) is 2.71. The van der Waals surface area contributed by atoms with Crippen molar-refractivity contribution in [1.29, 1.82) is 0 Å². The molecule has 1 N–H and O–H groups in total. The number of rotatable bonds is 3. The van der Waals surface area contributed by atoms with Crippen LogP contribution >= 0.6 is 0 Å². The van der Waals surface area contributed by atoms with Gasteiger partial charge in [-0.3, -0.25) is 4.90 Å². The van der Waals surface area contributed by atoms with E-state index in [2.05, 4.69) is 22.3 Å². The Balaban J connectivity index is 1.79. The molecular formula is C14H20N2O2. The summed E-state index contributed by atoms with van der Waals surface area (Å²) in [7, 11) is 1.71. The monoisotopic (exact) mass is 248 g/mol. The fraction of sp³-hybridized carbons (Fsp3) is 0.571. The van der Waals surface area contributed by atoms with Crippen LogP contribution in [0.2, 0.25) is 0 Å². The number of hydrogen-bond acceptors (Lipinski definition) is 4. The van der Waals surface area contributed by atoms with Crippen LogP contribution < -0.4 is 14.8 Å². The summed E-state index contributed by atoms with van der Waals surface area (Å²) in [5, 5.41) is 3.38. The zero-order valence-corrected chi connectivity index (χ0v) is 10.9. The Kier molecular flexibility index (Phi) is 3.39. The van der Waals surface area contributed by atoms with Gasteiger partial charge in [-0.15, -0.1) is 0 Å². The van der Waals surface area contributed by atoms with E-state index in [-0.39, 0.29) is 0 Å². The number of fused-ring (bicyclic) bond motifs is 1. The number of hydrogen-bond donors (Lipinski definition) is 1. The summed E-state index contributed by atoms with van der Waals surface area (Å²) in [4.78, 5) is 2.48. The summed E-state index contributed by atoms with van der Waals surface area (Å²) in [6.45, 7) is 6.20. The minimum atomic E-state index is 0.781. The molecule has 4 heteroatoms. The molecule has 2 heterocycles. The van der Waals surface area contributed by atoms with Crippen LogP contribution in [0.3, 0.4) is 0 Å². The topological polar surface area (TPSA) is 33.7 Å². The van der Waals surface area contributed by atoms with Gasteiger partial charge < -0.3 is 14.8 Å². The molecule has 0 amide bonds. The van der Waals surface area contributed by atoms with E-state index < -0.39 is 0 Å². The van der Waals surface area contributed by atoms with Gasteiger partial charge in [-0.05, 0) is 11.6 Å². The van der Waals surface area contributed by atoms with E-state index in [0.717, 1.165) is 57.3 Å². The molecule has 2 aliphatic heterocycles. The Morgan fingerprint density at radius 3 is 2.94 bits per heavy atom. The molecule has 1 fully saturated rings.